The van der Waals surface area contributed by atoms with Crippen LogP contribution >= 0.6 is 0 Å². The van der Waals surface area contributed by atoms with Crippen molar-refractivity contribution < 1.29 is 14.2 Å². The Morgan fingerprint density at radius 1 is 1.36 bits per heavy atom. The van der Waals surface area contributed by atoms with Crippen LogP contribution in [0.1, 0.15) is 25.5 Å². The molecule has 3 heteroatoms. The van der Waals surface area contributed by atoms with E-state index < -0.39 is 11.9 Å². The predicted octanol–water partition coefficient (Wildman–Crippen LogP) is 2.52. The number of benzene rings is 1. The van der Waals surface area contributed by atoms with Gasteiger partial charge in [-0.1, -0.05) is 26.0 Å². The molecule has 1 unspecified atom stereocenters. The Morgan fingerprint density at radius 3 is 2.50 bits per heavy atom. The van der Waals surface area contributed by atoms with E-state index in [4.69, 9.17) is 4.74 Å². The summed E-state index contributed by atoms with van der Waals surface area (Å²) in [5, 5.41) is 9.70. The molecule has 14 heavy (non-hydrogen) atoms. The molecule has 0 amide bonds. The molecular formula is C11H15FO2. The lowest BCUT2D eigenvalue weighted by molar-refractivity contribution is 0.122. The SMILES string of the molecule is COc1cccc(C(O)C(C)C)c1F. The molecule has 0 radical (unpaired) electrons. The van der Waals surface area contributed by atoms with Gasteiger partial charge >= 0.3 is 0 Å². The van der Waals surface area contributed by atoms with Crippen LogP contribution in [0.25, 0.3) is 0 Å². The highest BCUT2D eigenvalue weighted by molar-refractivity contribution is 5.32. The van der Waals surface area contributed by atoms with Crippen molar-refractivity contribution in [2.75, 3.05) is 7.11 Å². The predicted molar refractivity (Wildman–Crippen MR) is 52.7 cm³/mol. The summed E-state index contributed by atoms with van der Waals surface area (Å²) in [7, 11) is 1.41. The van der Waals surface area contributed by atoms with E-state index in [2.05, 4.69) is 0 Å². The molecule has 0 fully saturated rings. The lowest BCUT2D eigenvalue weighted by Gasteiger charge is -2.16. The van der Waals surface area contributed by atoms with Crippen molar-refractivity contribution in [2.24, 2.45) is 5.92 Å². The molecule has 78 valence electrons. The standard InChI is InChI=1S/C11H15FO2/c1-7(2)11(13)8-5-4-6-9(14-3)10(8)12/h4-7,11,13H,1-3H3. The van der Waals surface area contributed by atoms with E-state index >= 15 is 0 Å². The highest BCUT2D eigenvalue weighted by atomic mass is 19.1. The summed E-state index contributed by atoms with van der Waals surface area (Å²) in [6, 6.07) is 4.78. The van der Waals surface area contributed by atoms with E-state index in [0.717, 1.165) is 0 Å². The minimum absolute atomic E-state index is 0.0170. The van der Waals surface area contributed by atoms with Gasteiger partial charge in [0.1, 0.15) is 0 Å². The summed E-state index contributed by atoms with van der Waals surface area (Å²) in [5.41, 5.74) is 0.291. The largest absolute Gasteiger partial charge is 0.494 e. The Hall–Kier alpha value is -1.09. The first-order valence-corrected chi connectivity index (χ1v) is 4.58. The Bertz CT molecular complexity index is 310. The van der Waals surface area contributed by atoms with Crippen molar-refractivity contribution in [3.8, 4) is 5.75 Å². The van der Waals surface area contributed by atoms with Crippen molar-refractivity contribution in [3.63, 3.8) is 0 Å². The third-order valence-electron chi connectivity index (χ3n) is 2.16. The molecule has 0 heterocycles. The molecule has 1 atom stereocenters. The highest BCUT2D eigenvalue weighted by Crippen LogP contribution is 2.28. The van der Waals surface area contributed by atoms with Gasteiger partial charge in [-0.25, -0.2) is 4.39 Å². The van der Waals surface area contributed by atoms with Gasteiger partial charge in [-0.05, 0) is 12.0 Å². The lowest BCUT2D eigenvalue weighted by Crippen LogP contribution is -2.08. The summed E-state index contributed by atoms with van der Waals surface area (Å²) in [4.78, 5) is 0. The van der Waals surface area contributed by atoms with Gasteiger partial charge in [-0.15, -0.1) is 0 Å². The smallest absolute Gasteiger partial charge is 0.170 e. The second-order valence-corrected chi connectivity index (χ2v) is 3.55. The van der Waals surface area contributed by atoms with Gasteiger partial charge in [0.25, 0.3) is 0 Å². The van der Waals surface area contributed by atoms with Gasteiger partial charge < -0.3 is 9.84 Å². The quantitative estimate of drug-likeness (QED) is 0.808. The lowest BCUT2D eigenvalue weighted by atomic mass is 9.98. The molecular weight excluding hydrogens is 183 g/mol. The molecule has 1 aromatic carbocycles. The van der Waals surface area contributed by atoms with Crippen LogP contribution in [0, 0.1) is 11.7 Å². The summed E-state index contributed by atoms with van der Waals surface area (Å²) < 4.78 is 18.4. The molecule has 0 saturated carbocycles. The van der Waals surface area contributed by atoms with Gasteiger partial charge in [-0.3, -0.25) is 0 Å². The van der Waals surface area contributed by atoms with E-state index in [1.54, 1.807) is 12.1 Å². The molecule has 0 aromatic heterocycles. The number of ether oxygens (including phenoxy) is 1. The summed E-state index contributed by atoms with van der Waals surface area (Å²) >= 11 is 0. The number of methoxy groups -OCH3 is 1. The average molecular weight is 198 g/mol. The van der Waals surface area contributed by atoms with Crippen LogP contribution in [0.3, 0.4) is 0 Å². The molecule has 1 N–H and O–H groups in total. The maximum atomic E-state index is 13.6. The van der Waals surface area contributed by atoms with Crippen molar-refractivity contribution in [3.05, 3.63) is 29.6 Å². The van der Waals surface area contributed by atoms with Crippen molar-refractivity contribution in [1.82, 2.24) is 0 Å². The minimum atomic E-state index is -0.787. The van der Waals surface area contributed by atoms with E-state index in [1.807, 2.05) is 13.8 Å². The fraction of sp³-hybridized carbons (Fsp3) is 0.455. The van der Waals surface area contributed by atoms with Crippen LogP contribution in [-0.2, 0) is 0 Å². The number of aliphatic hydroxyl groups excluding tert-OH is 1. The molecule has 1 aromatic rings. The van der Waals surface area contributed by atoms with Gasteiger partial charge in [0.2, 0.25) is 0 Å². The van der Waals surface area contributed by atoms with Gasteiger partial charge in [0.15, 0.2) is 11.6 Å². The van der Waals surface area contributed by atoms with Crippen LogP contribution in [0.5, 0.6) is 5.75 Å². The Kier molecular flexibility index (Phi) is 3.47. The fourth-order valence-electron chi connectivity index (χ4n) is 1.27. The van der Waals surface area contributed by atoms with Crippen molar-refractivity contribution >= 4 is 0 Å². The second kappa shape index (κ2) is 4.42. The topological polar surface area (TPSA) is 29.5 Å². The first-order chi connectivity index (χ1) is 6.57. The zero-order chi connectivity index (χ0) is 10.7. The first-order valence-electron chi connectivity index (χ1n) is 4.58. The number of rotatable bonds is 3. The minimum Gasteiger partial charge on any atom is -0.494 e. The van der Waals surface area contributed by atoms with Crippen molar-refractivity contribution in [1.29, 1.82) is 0 Å². The maximum absolute atomic E-state index is 13.6. The summed E-state index contributed by atoms with van der Waals surface area (Å²) in [6.45, 7) is 3.67. The maximum Gasteiger partial charge on any atom is 0.170 e. The van der Waals surface area contributed by atoms with E-state index in [1.165, 1.54) is 13.2 Å². The van der Waals surface area contributed by atoms with Crippen LogP contribution in [0.2, 0.25) is 0 Å². The highest BCUT2D eigenvalue weighted by Gasteiger charge is 2.18. The third-order valence-corrected chi connectivity index (χ3v) is 2.16. The molecule has 2 nitrogen and oxygen atoms in total. The number of aliphatic hydroxyl groups is 1. The van der Waals surface area contributed by atoms with Crippen LogP contribution in [0.15, 0.2) is 18.2 Å². The molecule has 0 aliphatic carbocycles. The van der Waals surface area contributed by atoms with Crippen LogP contribution in [-0.4, -0.2) is 12.2 Å². The molecule has 0 aliphatic rings. The first kappa shape index (κ1) is 11.0. The monoisotopic (exact) mass is 198 g/mol. The Balaban J connectivity index is 3.09. The number of hydrogen-bond donors (Lipinski definition) is 1. The molecule has 0 bridgehead atoms. The molecule has 1 rings (SSSR count). The fourth-order valence-corrected chi connectivity index (χ4v) is 1.27. The molecule has 0 saturated heterocycles. The van der Waals surface area contributed by atoms with Gasteiger partial charge in [0.05, 0.1) is 13.2 Å². The van der Waals surface area contributed by atoms with E-state index in [0.29, 0.717) is 5.56 Å². The molecule has 0 spiro atoms. The zero-order valence-corrected chi connectivity index (χ0v) is 8.62. The van der Waals surface area contributed by atoms with Crippen LogP contribution in [0.4, 0.5) is 4.39 Å². The number of hydrogen-bond acceptors (Lipinski definition) is 2. The Labute approximate surface area is 83.3 Å². The normalized spacial score (nSPS) is 13.0. The van der Waals surface area contributed by atoms with E-state index in [-0.39, 0.29) is 11.7 Å². The molecule has 0 aliphatic heterocycles. The zero-order valence-electron chi connectivity index (χ0n) is 8.62. The van der Waals surface area contributed by atoms with Crippen LogP contribution < -0.4 is 4.74 Å². The van der Waals surface area contributed by atoms with Crippen molar-refractivity contribution in [2.45, 2.75) is 20.0 Å². The summed E-state index contributed by atoms with van der Waals surface area (Å²) in [6.07, 6.45) is -0.787. The Morgan fingerprint density at radius 2 is 2.00 bits per heavy atom. The second-order valence-electron chi connectivity index (χ2n) is 3.55. The summed E-state index contributed by atoms with van der Waals surface area (Å²) in [5.74, 6) is -0.324. The van der Waals surface area contributed by atoms with Gasteiger partial charge in [-0.2, -0.15) is 0 Å². The third kappa shape index (κ3) is 2.04. The van der Waals surface area contributed by atoms with E-state index in [9.17, 15) is 9.50 Å². The number of halogens is 1. The van der Waals surface area contributed by atoms with Gasteiger partial charge in [0, 0.05) is 5.56 Å². The average Bonchev–Trinajstić information content (AvgIpc) is 2.17.